The van der Waals surface area contributed by atoms with Crippen LogP contribution >= 0.6 is 22.6 Å². The van der Waals surface area contributed by atoms with Crippen molar-refractivity contribution in [1.29, 1.82) is 0 Å². The number of nitrogens with zero attached hydrogens (tertiary/aromatic N) is 3. The molecule has 0 aliphatic heterocycles. The Morgan fingerprint density at radius 2 is 2.14 bits per heavy atom. The van der Waals surface area contributed by atoms with Crippen LogP contribution in [0.3, 0.4) is 0 Å². The van der Waals surface area contributed by atoms with Gasteiger partial charge in [-0.25, -0.2) is 9.97 Å². The summed E-state index contributed by atoms with van der Waals surface area (Å²) in [7, 11) is 0. The Bertz CT molecular complexity index is 827. The lowest BCUT2D eigenvalue weighted by atomic mass is 10.2. The molecular weight excluding hydrogens is 379 g/mol. The number of nitrogens with one attached hydrogen (secondary N) is 1. The zero-order chi connectivity index (χ0) is 15.0. The normalized spacial score (nSPS) is 10.8. The number of aromatic amines is 1. The summed E-state index contributed by atoms with van der Waals surface area (Å²) in [4.78, 5) is 25.4. The van der Waals surface area contributed by atoms with Gasteiger partial charge in [0.2, 0.25) is 5.91 Å². The number of halogens is 1. The molecule has 0 aliphatic rings. The molecule has 1 amide bonds. The van der Waals surface area contributed by atoms with E-state index < -0.39 is 0 Å². The van der Waals surface area contributed by atoms with Crippen molar-refractivity contribution in [3.05, 3.63) is 45.9 Å². The van der Waals surface area contributed by atoms with Crippen LogP contribution in [0, 0.1) is 10.5 Å². The molecule has 0 saturated heterocycles. The molecule has 0 radical (unpaired) electrons. The van der Waals surface area contributed by atoms with E-state index in [1.807, 2.05) is 37.4 Å². The van der Waals surface area contributed by atoms with Crippen LogP contribution in [0.1, 0.15) is 12.5 Å². The molecule has 0 atom stereocenters. The van der Waals surface area contributed by atoms with Gasteiger partial charge < -0.3 is 4.98 Å². The van der Waals surface area contributed by atoms with Gasteiger partial charge in [0.25, 0.3) is 0 Å². The number of aromatic nitrogens is 3. The molecule has 0 spiro atoms. The van der Waals surface area contributed by atoms with Crippen molar-refractivity contribution in [3.63, 3.8) is 0 Å². The number of H-pyrrole nitrogens is 1. The molecule has 0 saturated carbocycles. The number of hydrogen-bond donors (Lipinski definition) is 1. The third-order valence-corrected chi connectivity index (χ3v) is 4.04. The number of amides is 1. The van der Waals surface area contributed by atoms with E-state index in [9.17, 15) is 4.79 Å². The van der Waals surface area contributed by atoms with E-state index in [1.54, 1.807) is 4.90 Å². The third-order valence-electron chi connectivity index (χ3n) is 3.19. The largest absolute Gasteiger partial charge is 0.345 e. The van der Waals surface area contributed by atoms with Gasteiger partial charge in [-0.15, -0.1) is 0 Å². The van der Waals surface area contributed by atoms with Crippen molar-refractivity contribution in [2.24, 2.45) is 0 Å². The van der Waals surface area contributed by atoms with Crippen LogP contribution in [0.4, 0.5) is 11.5 Å². The molecule has 2 aromatic heterocycles. The molecule has 0 fully saturated rings. The Kier molecular flexibility index (Phi) is 3.62. The number of anilines is 2. The summed E-state index contributed by atoms with van der Waals surface area (Å²) in [5.41, 5.74) is 2.62. The van der Waals surface area contributed by atoms with E-state index in [4.69, 9.17) is 0 Å². The first-order valence-electron chi connectivity index (χ1n) is 6.43. The van der Waals surface area contributed by atoms with E-state index in [2.05, 4.69) is 37.5 Å². The van der Waals surface area contributed by atoms with Crippen molar-refractivity contribution >= 4 is 51.0 Å². The fourth-order valence-electron chi connectivity index (χ4n) is 2.30. The average Bonchev–Trinajstić information content (AvgIpc) is 2.81. The average molecular weight is 392 g/mol. The SMILES string of the molecule is CC(=O)N(c1cccc(C)c1)c1ncnc2[nH]cc(I)c12. The zero-order valence-corrected chi connectivity index (χ0v) is 13.7. The van der Waals surface area contributed by atoms with E-state index >= 15 is 0 Å². The van der Waals surface area contributed by atoms with Crippen LogP contribution in [0.5, 0.6) is 0 Å². The molecular formula is C15H13IN4O. The Morgan fingerprint density at radius 3 is 2.86 bits per heavy atom. The Hall–Kier alpha value is -1.96. The summed E-state index contributed by atoms with van der Waals surface area (Å²) in [6.07, 6.45) is 3.33. The predicted octanol–water partition coefficient (Wildman–Crippen LogP) is 3.56. The molecule has 0 unspecified atom stereocenters. The summed E-state index contributed by atoms with van der Waals surface area (Å²) in [6, 6.07) is 7.80. The summed E-state index contributed by atoms with van der Waals surface area (Å²) < 4.78 is 0.983. The van der Waals surface area contributed by atoms with Gasteiger partial charge in [0.05, 0.1) is 11.1 Å². The second-order valence-electron chi connectivity index (χ2n) is 4.75. The van der Waals surface area contributed by atoms with Crippen LogP contribution in [-0.2, 0) is 4.79 Å². The lowest BCUT2D eigenvalue weighted by molar-refractivity contribution is -0.115. The highest BCUT2D eigenvalue weighted by molar-refractivity contribution is 14.1. The first kappa shape index (κ1) is 14.0. The lowest BCUT2D eigenvalue weighted by Crippen LogP contribution is -2.24. The molecule has 3 rings (SSSR count). The van der Waals surface area contributed by atoms with E-state index in [1.165, 1.54) is 13.3 Å². The van der Waals surface area contributed by atoms with Crippen LogP contribution in [-0.4, -0.2) is 20.9 Å². The minimum atomic E-state index is -0.0856. The fourth-order valence-corrected chi connectivity index (χ4v) is 2.95. The fraction of sp³-hybridized carbons (Fsp3) is 0.133. The van der Waals surface area contributed by atoms with Crippen LogP contribution in [0.2, 0.25) is 0 Å². The monoisotopic (exact) mass is 392 g/mol. The van der Waals surface area contributed by atoms with Crippen molar-refractivity contribution in [2.75, 3.05) is 4.90 Å². The van der Waals surface area contributed by atoms with Gasteiger partial charge >= 0.3 is 0 Å². The molecule has 106 valence electrons. The smallest absolute Gasteiger partial charge is 0.229 e. The van der Waals surface area contributed by atoms with Crippen LogP contribution in [0.25, 0.3) is 11.0 Å². The maximum atomic E-state index is 12.2. The first-order chi connectivity index (χ1) is 10.1. The molecule has 1 aromatic carbocycles. The van der Waals surface area contributed by atoms with Gasteiger partial charge in [0.15, 0.2) is 5.82 Å². The summed E-state index contributed by atoms with van der Waals surface area (Å²) in [5.74, 6) is 0.515. The van der Waals surface area contributed by atoms with Gasteiger partial charge in [0.1, 0.15) is 12.0 Å². The van der Waals surface area contributed by atoms with Gasteiger partial charge in [-0.2, -0.15) is 0 Å². The van der Waals surface area contributed by atoms with Gasteiger partial charge in [-0.3, -0.25) is 9.69 Å². The van der Waals surface area contributed by atoms with Crippen molar-refractivity contribution in [3.8, 4) is 0 Å². The Balaban J connectivity index is 2.26. The number of benzene rings is 1. The molecule has 2 heterocycles. The topological polar surface area (TPSA) is 61.9 Å². The molecule has 21 heavy (non-hydrogen) atoms. The quantitative estimate of drug-likeness (QED) is 0.679. The summed E-state index contributed by atoms with van der Waals surface area (Å²) in [6.45, 7) is 3.53. The highest BCUT2D eigenvalue weighted by atomic mass is 127. The summed E-state index contributed by atoms with van der Waals surface area (Å²) in [5, 5.41) is 0.856. The van der Waals surface area contributed by atoms with Crippen LogP contribution in [0.15, 0.2) is 36.8 Å². The molecule has 5 nitrogen and oxygen atoms in total. The zero-order valence-electron chi connectivity index (χ0n) is 11.6. The number of carbonyl (C=O) groups is 1. The standard InChI is InChI=1S/C15H13IN4O/c1-9-4-3-5-11(6-9)20(10(2)21)15-13-12(16)7-17-14(13)18-8-19-15/h3-8H,1-2H3,(H,17,18,19). The van der Waals surface area contributed by atoms with Crippen molar-refractivity contribution in [2.45, 2.75) is 13.8 Å². The van der Waals surface area contributed by atoms with Gasteiger partial charge in [0, 0.05) is 16.7 Å². The number of hydrogen-bond acceptors (Lipinski definition) is 3. The van der Waals surface area contributed by atoms with E-state index in [0.717, 1.165) is 25.9 Å². The minimum absolute atomic E-state index is 0.0856. The highest BCUT2D eigenvalue weighted by Crippen LogP contribution is 2.32. The van der Waals surface area contributed by atoms with Gasteiger partial charge in [-0.05, 0) is 47.2 Å². The first-order valence-corrected chi connectivity index (χ1v) is 7.51. The van der Waals surface area contributed by atoms with Crippen LogP contribution < -0.4 is 4.90 Å². The Labute approximate surface area is 135 Å². The highest BCUT2D eigenvalue weighted by Gasteiger charge is 2.20. The lowest BCUT2D eigenvalue weighted by Gasteiger charge is -2.21. The molecule has 6 heteroatoms. The van der Waals surface area contributed by atoms with Crippen molar-refractivity contribution in [1.82, 2.24) is 15.0 Å². The number of carbonyl (C=O) groups excluding carboxylic acids is 1. The summed E-state index contributed by atoms with van der Waals surface area (Å²) >= 11 is 2.21. The molecule has 3 aromatic rings. The molecule has 0 aliphatic carbocycles. The second-order valence-corrected chi connectivity index (χ2v) is 5.91. The maximum Gasteiger partial charge on any atom is 0.229 e. The van der Waals surface area contributed by atoms with Crippen molar-refractivity contribution < 1.29 is 4.79 Å². The van der Waals surface area contributed by atoms with E-state index in [0.29, 0.717) is 5.82 Å². The maximum absolute atomic E-state index is 12.2. The van der Waals surface area contributed by atoms with E-state index in [-0.39, 0.29) is 5.91 Å². The predicted molar refractivity (Wildman–Crippen MR) is 90.6 cm³/mol. The number of aryl methyl sites for hydroxylation is 1. The number of rotatable bonds is 2. The minimum Gasteiger partial charge on any atom is -0.345 e. The Morgan fingerprint density at radius 1 is 1.33 bits per heavy atom. The number of fused-ring (bicyclic) bond motifs is 1. The van der Waals surface area contributed by atoms with Gasteiger partial charge in [-0.1, -0.05) is 12.1 Å². The third kappa shape index (κ3) is 2.51. The molecule has 1 N–H and O–H groups in total. The second kappa shape index (κ2) is 5.44. The molecule has 0 bridgehead atoms.